The summed E-state index contributed by atoms with van der Waals surface area (Å²) in [5.41, 5.74) is 0.457. The van der Waals surface area contributed by atoms with E-state index >= 15 is 0 Å². The minimum Gasteiger partial charge on any atom is -0.480 e. The maximum Gasteiger partial charge on any atom is 0.411 e. The molecule has 6 heteroatoms. The van der Waals surface area contributed by atoms with Gasteiger partial charge in [-0.1, -0.05) is 0 Å². The molecule has 1 aromatic heterocycles. The number of aromatic nitrogens is 1. The molecule has 1 saturated heterocycles. The van der Waals surface area contributed by atoms with E-state index in [4.69, 9.17) is 4.74 Å². The first-order valence-electron chi connectivity index (χ1n) is 7.37. The van der Waals surface area contributed by atoms with Crippen molar-refractivity contribution >= 4 is 12.1 Å². The van der Waals surface area contributed by atoms with Crippen molar-refractivity contribution in [1.82, 2.24) is 9.88 Å². The predicted octanol–water partition coefficient (Wildman–Crippen LogP) is 2.33. The van der Waals surface area contributed by atoms with Gasteiger partial charge in [0.25, 0.3) is 0 Å². The molecular formula is C16H22N2O4. The average Bonchev–Trinajstić information content (AvgIpc) is 2.82. The molecule has 120 valence electrons. The van der Waals surface area contributed by atoms with Crippen LogP contribution >= 0.6 is 0 Å². The van der Waals surface area contributed by atoms with Gasteiger partial charge in [0.15, 0.2) is 0 Å². The number of aliphatic carboxylic acids is 1. The highest BCUT2D eigenvalue weighted by molar-refractivity contribution is 5.81. The average molecular weight is 306 g/mol. The van der Waals surface area contributed by atoms with Crippen molar-refractivity contribution in [3.63, 3.8) is 0 Å². The molecule has 2 rings (SSSR count). The van der Waals surface area contributed by atoms with Crippen LogP contribution < -0.4 is 0 Å². The molecule has 22 heavy (non-hydrogen) atoms. The minimum absolute atomic E-state index is 0.107. The summed E-state index contributed by atoms with van der Waals surface area (Å²) in [6.45, 7) is 5.70. The van der Waals surface area contributed by atoms with Crippen LogP contribution in [0.5, 0.6) is 0 Å². The van der Waals surface area contributed by atoms with Crippen molar-refractivity contribution in [2.45, 2.75) is 45.3 Å². The van der Waals surface area contributed by atoms with Gasteiger partial charge < -0.3 is 9.84 Å². The largest absolute Gasteiger partial charge is 0.480 e. The number of rotatable bonds is 3. The minimum atomic E-state index is -0.983. The predicted molar refractivity (Wildman–Crippen MR) is 80.4 cm³/mol. The van der Waals surface area contributed by atoms with Gasteiger partial charge in [0, 0.05) is 18.9 Å². The first-order chi connectivity index (χ1) is 10.3. The van der Waals surface area contributed by atoms with Gasteiger partial charge >= 0.3 is 12.1 Å². The molecule has 0 bridgehead atoms. The molecule has 6 nitrogen and oxygen atoms in total. The maximum absolute atomic E-state index is 12.2. The Morgan fingerprint density at radius 1 is 1.36 bits per heavy atom. The highest BCUT2D eigenvalue weighted by atomic mass is 16.6. The zero-order chi connectivity index (χ0) is 16.3. The molecule has 0 saturated carbocycles. The molecule has 2 heterocycles. The number of amides is 1. The van der Waals surface area contributed by atoms with Crippen molar-refractivity contribution in [2.24, 2.45) is 5.92 Å². The molecule has 1 aromatic rings. The molecule has 0 aromatic carbocycles. The van der Waals surface area contributed by atoms with Crippen molar-refractivity contribution in [3.05, 3.63) is 30.1 Å². The second kappa shape index (κ2) is 6.34. The molecule has 1 aliphatic rings. The Labute approximate surface area is 130 Å². The summed E-state index contributed by atoms with van der Waals surface area (Å²) in [4.78, 5) is 28.9. The fourth-order valence-corrected chi connectivity index (χ4v) is 2.68. The highest BCUT2D eigenvalue weighted by Gasteiger charge is 2.41. The molecule has 1 fully saturated rings. The standard InChI is InChI=1S/C16H22N2O4/c1-16(2,3)22-15(21)18-10-12(9-13(18)14(19)20)8-11-4-6-17-7-5-11/h4-7,12-13H,8-10H2,1-3H3,(H,19,20)/t12-,13-/m1/s1. The van der Waals surface area contributed by atoms with E-state index < -0.39 is 23.7 Å². The van der Waals surface area contributed by atoms with Gasteiger partial charge in [-0.15, -0.1) is 0 Å². The molecule has 2 atom stereocenters. The lowest BCUT2D eigenvalue weighted by molar-refractivity contribution is -0.142. The number of carbonyl (C=O) groups excluding carboxylic acids is 1. The summed E-state index contributed by atoms with van der Waals surface area (Å²) in [5.74, 6) is -0.876. The number of likely N-dealkylation sites (tertiary alicyclic amines) is 1. The van der Waals surface area contributed by atoms with Crippen LogP contribution in [0, 0.1) is 5.92 Å². The van der Waals surface area contributed by atoms with E-state index in [0.29, 0.717) is 13.0 Å². The number of carboxylic acids is 1. The quantitative estimate of drug-likeness (QED) is 0.927. The second-order valence-corrected chi connectivity index (χ2v) is 6.65. The van der Waals surface area contributed by atoms with E-state index in [1.807, 2.05) is 12.1 Å². The summed E-state index contributed by atoms with van der Waals surface area (Å²) < 4.78 is 5.31. The summed E-state index contributed by atoms with van der Waals surface area (Å²) in [6, 6.07) is 3.00. The van der Waals surface area contributed by atoms with Crippen molar-refractivity contribution in [1.29, 1.82) is 0 Å². The van der Waals surface area contributed by atoms with Crippen LogP contribution in [0.1, 0.15) is 32.8 Å². The Kier molecular flexibility index (Phi) is 4.68. The van der Waals surface area contributed by atoms with Crippen LogP contribution in [-0.4, -0.2) is 45.2 Å². The SMILES string of the molecule is CC(C)(C)OC(=O)N1C[C@H](Cc2ccncc2)C[C@@H]1C(=O)O. The van der Waals surface area contributed by atoms with Gasteiger partial charge in [-0.2, -0.15) is 0 Å². The Hall–Kier alpha value is -2.11. The van der Waals surface area contributed by atoms with E-state index in [1.54, 1.807) is 33.2 Å². The first kappa shape index (κ1) is 16.3. The summed E-state index contributed by atoms with van der Waals surface area (Å²) in [5, 5.41) is 9.36. The van der Waals surface area contributed by atoms with Crippen LogP contribution in [0.25, 0.3) is 0 Å². The Morgan fingerprint density at radius 3 is 2.55 bits per heavy atom. The summed E-state index contributed by atoms with van der Waals surface area (Å²) in [7, 11) is 0. The fraction of sp³-hybridized carbons (Fsp3) is 0.562. The van der Waals surface area contributed by atoms with E-state index in [9.17, 15) is 14.7 Å². The molecule has 1 N–H and O–H groups in total. The molecule has 1 amide bonds. The summed E-state index contributed by atoms with van der Waals surface area (Å²) >= 11 is 0. The fourth-order valence-electron chi connectivity index (χ4n) is 2.68. The Morgan fingerprint density at radius 2 is 2.00 bits per heavy atom. The number of hydrogen-bond donors (Lipinski definition) is 1. The molecule has 0 aliphatic carbocycles. The molecule has 0 radical (unpaired) electrons. The first-order valence-corrected chi connectivity index (χ1v) is 7.37. The lowest BCUT2D eigenvalue weighted by Gasteiger charge is -2.26. The monoisotopic (exact) mass is 306 g/mol. The van der Waals surface area contributed by atoms with E-state index in [1.165, 1.54) is 4.90 Å². The topological polar surface area (TPSA) is 79.7 Å². The second-order valence-electron chi connectivity index (χ2n) is 6.65. The van der Waals surface area contributed by atoms with E-state index in [2.05, 4.69) is 4.98 Å². The van der Waals surface area contributed by atoms with Crippen LogP contribution in [0.15, 0.2) is 24.5 Å². The van der Waals surface area contributed by atoms with Crippen LogP contribution in [-0.2, 0) is 16.0 Å². The summed E-state index contributed by atoms with van der Waals surface area (Å²) in [6.07, 6.45) is 4.04. The zero-order valence-corrected chi connectivity index (χ0v) is 13.2. The third-order valence-electron chi connectivity index (χ3n) is 3.57. The lowest BCUT2D eigenvalue weighted by atomic mass is 9.97. The smallest absolute Gasteiger partial charge is 0.411 e. The Bertz CT molecular complexity index is 539. The van der Waals surface area contributed by atoms with Crippen molar-refractivity contribution < 1.29 is 19.4 Å². The van der Waals surface area contributed by atoms with Crippen molar-refractivity contribution in [3.8, 4) is 0 Å². The third-order valence-corrected chi connectivity index (χ3v) is 3.57. The maximum atomic E-state index is 12.2. The lowest BCUT2D eigenvalue weighted by Crippen LogP contribution is -2.43. The van der Waals surface area contributed by atoms with Crippen LogP contribution in [0.3, 0.4) is 0 Å². The number of ether oxygens (including phenoxy) is 1. The van der Waals surface area contributed by atoms with Gasteiger partial charge in [-0.3, -0.25) is 9.88 Å². The van der Waals surface area contributed by atoms with Gasteiger partial charge in [0.1, 0.15) is 11.6 Å². The number of pyridine rings is 1. The highest BCUT2D eigenvalue weighted by Crippen LogP contribution is 2.28. The normalized spacial score (nSPS) is 21.7. The van der Waals surface area contributed by atoms with E-state index in [-0.39, 0.29) is 5.92 Å². The number of hydrogen-bond acceptors (Lipinski definition) is 4. The number of nitrogens with zero attached hydrogens (tertiary/aromatic N) is 2. The number of carbonyl (C=O) groups is 2. The van der Waals surface area contributed by atoms with Gasteiger partial charge in [0.05, 0.1) is 0 Å². The van der Waals surface area contributed by atoms with Gasteiger partial charge in [0.2, 0.25) is 0 Å². The van der Waals surface area contributed by atoms with Crippen LogP contribution in [0.2, 0.25) is 0 Å². The molecule has 1 aliphatic heterocycles. The molecular weight excluding hydrogens is 284 g/mol. The third kappa shape index (κ3) is 4.19. The van der Waals surface area contributed by atoms with Gasteiger partial charge in [-0.05, 0) is 57.2 Å². The van der Waals surface area contributed by atoms with Gasteiger partial charge in [-0.25, -0.2) is 9.59 Å². The molecule has 0 spiro atoms. The van der Waals surface area contributed by atoms with Crippen LogP contribution in [0.4, 0.5) is 4.79 Å². The van der Waals surface area contributed by atoms with E-state index in [0.717, 1.165) is 12.0 Å². The van der Waals surface area contributed by atoms with Crippen molar-refractivity contribution in [2.75, 3.05) is 6.54 Å². The number of carboxylic acid groups (broad SMARTS) is 1. The Balaban J connectivity index is 2.06. The zero-order valence-electron chi connectivity index (χ0n) is 13.2. The molecule has 0 unspecified atom stereocenters.